The van der Waals surface area contributed by atoms with Gasteiger partial charge in [-0.1, -0.05) is 18.6 Å². The molecule has 1 amide bonds. The van der Waals surface area contributed by atoms with E-state index < -0.39 is 0 Å². The number of hydrogen-bond donors (Lipinski definition) is 1. The fourth-order valence-corrected chi connectivity index (χ4v) is 2.51. The highest BCUT2D eigenvalue weighted by atomic mass is 16.5. The van der Waals surface area contributed by atoms with Crippen molar-refractivity contribution >= 4 is 11.6 Å². The standard InChI is InChI=1S/C15H22N2O2/c1-12-7-5-6-10-17(12)11-15(18)16-13-8-3-4-9-14(13)19-2/h3-4,8-9,12H,5-7,10-11H2,1-2H3,(H,16,18)/t12-/m1/s1. The zero-order valence-corrected chi connectivity index (χ0v) is 11.7. The summed E-state index contributed by atoms with van der Waals surface area (Å²) in [6.45, 7) is 3.66. The van der Waals surface area contributed by atoms with Crippen molar-refractivity contribution in [1.29, 1.82) is 0 Å². The lowest BCUT2D eigenvalue weighted by Crippen LogP contribution is -2.42. The second kappa shape index (κ2) is 6.57. The molecular weight excluding hydrogens is 240 g/mol. The number of nitrogens with zero attached hydrogens (tertiary/aromatic N) is 1. The third kappa shape index (κ3) is 3.70. The molecule has 1 fully saturated rings. The Labute approximate surface area is 114 Å². The number of nitrogens with one attached hydrogen (secondary N) is 1. The van der Waals surface area contributed by atoms with Crippen LogP contribution in [0.1, 0.15) is 26.2 Å². The normalized spacial score (nSPS) is 20.0. The fraction of sp³-hybridized carbons (Fsp3) is 0.533. The lowest BCUT2D eigenvalue weighted by atomic mass is 10.0. The maximum absolute atomic E-state index is 12.1. The van der Waals surface area contributed by atoms with Crippen molar-refractivity contribution in [2.24, 2.45) is 0 Å². The highest BCUT2D eigenvalue weighted by Crippen LogP contribution is 2.23. The number of amides is 1. The minimum atomic E-state index is 0.0262. The van der Waals surface area contributed by atoms with Crippen LogP contribution >= 0.6 is 0 Å². The van der Waals surface area contributed by atoms with Crippen LogP contribution in [0, 0.1) is 0 Å². The number of anilines is 1. The molecule has 104 valence electrons. The van der Waals surface area contributed by atoms with E-state index in [0.717, 1.165) is 12.2 Å². The molecule has 1 N–H and O–H groups in total. The van der Waals surface area contributed by atoms with Crippen LogP contribution in [0.5, 0.6) is 5.75 Å². The molecule has 4 nitrogen and oxygen atoms in total. The molecule has 1 aromatic carbocycles. The molecule has 4 heteroatoms. The topological polar surface area (TPSA) is 41.6 Å². The number of ether oxygens (including phenoxy) is 1. The number of piperidine rings is 1. The van der Waals surface area contributed by atoms with Crippen molar-refractivity contribution in [3.05, 3.63) is 24.3 Å². The Kier molecular flexibility index (Phi) is 4.80. The Hall–Kier alpha value is -1.55. The van der Waals surface area contributed by atoms with Crippen LogP contribution in [0.4, 0.5) is 5.69 Å². The van der Waals surface area contributed by atoms with Crippen molar-refractivity contribution < 1.29 is 9.53 Å². The lowest BCUT2D eigenvalue weighted by Gasteiger charge is -2.32. The molecule has 1 aliphatic heterocycles. The molecular formula is C15H22N2O2. The summed E-state index contributed by atoms with van der Waals surface area (Å²) in [7, 11) is 1.61. The molecule has 0 radical (unpaired) electrons. The number of para-hydroxylation sites is 2. The van der Waals surface area contributed by atoms with Gasteiger partial charge in [-0.3, -0.25) is 9.69 Å². The first-order valence-electron chi connectivity index (χ1n) is 6.87. The van der Waals surface area contributed by atoms with E-state index in [1.807, 2.05) is 24.3 Å². The first-order chi connectivity index (χ1) is 9.20. The lowest BCUT2D eigenvalue weighted by molar-refractivity contribution is -0.118. The van der Waals surface area contributed by atoms with Gasteiger partial charge in [0.1, 0.15) is 5.75 Å². The van der Waals surface area contributed by atoms with E-state index in [1.54, 1.807) is 7.11 Å². The van der Waals surface area contributed by atoms with Crippen LogP contribution in [0.2, 0.25) is 0 Å². The van der Waals surface area contributed by atoms with Crippen molar-refractivity contribution in [2.45, 2.75) is 32.2 Å². The molecule has 2 rings (SSSR count). The number of methoxy groups -OCH3 is 1. The van der Waals surface area contributed by atoms with Gasteiger partial charge >= 0.3 is 0 Å². The average molecular weight is 262 g/mol. The zero-order chi connectivity index (χ0) is 13.7. The van der Waals surface area contributed by atoms with Crippen LogP contribution in [-0.2, 0) is 4.79 Å². The number of benzene rings is 1. The molecule has 0 bridgehead atoms. The maximum Gasteiger partial charge on any atom is 0.238 e. The van der Waals surface area contributed by atoms with Gasteiger partial charge in [0, 0.05) is 6.04 Å². The molecule has 0 unspecified atom stereocenters. The van der Waals surface area contributed by atoms with Crippen LogP contribution < -0.4 is 10.1 Å². The molecule has 1 heterocycles. The quantitative estimate of drug-likeness (QED) is 0.906. The van der Waals surface area contributed by atoms with Crippen LogP contribution in [0.15, 0.2) is 24.3 Å². The Bertz CT molecular complexity index is 434. The van der Waals surface area contributed by atoms with Crippen molar-refractivity contribution in [1.82, 2.24) is 4.90 Å². The van der Waals surface area contributed by atoms with Gasteiger partial charge in [0.2, 0.25) is 5.91 Å². The molecule has 1 atom stereocenters. The van der Waals surface area contributed by atoms with Gasteiger partial charge < -0.3 is 10.1 Å². The third-order valence-electron chi connectivity index (χ3n) is 3.67. The Morgan fingerprint density at radius 3 is 2.95 bits per heavy atom. The summed E-state index contributed by atoms with van der Waals surface area (Å²) >= 11 is 0. The highest BCUT2D eigenvalue weighted by molar-refractivity contribution is 5.93. The van der Waals surface area contributed by atoms with E-state index in [9.17, 15) is 4.79 Å². The number of carbonyl (C=O) groups is 1. The SMILES string of the molecule is COc1ccccc1NC(=O)CN1CCCC[C@H]1C. The summed E-state index contributed by atoms with van der Waals surface area (Å²) in [4.78, 5) is 14.3. The molecule has 1 aromatic rings. The second-order valence-corrected chi connectivity index (χ2v) is 5.06. The summed E-state index contributed by atoms with van der Waals surface area (Å²) in [6, 6.07) is 7.98. The van der Waals surface area contributed by atoms with Crippen LogP contribution in [-0.4, -0.2) is 37.0 Å². The van der Waals surface area contributed by atoms with Gasteiger partial charge in [0.15, 0.2) is 0 Å². The van der Waals surface area contributed by atoms with Crippen LogP contribution in [0.3, 0.4) is 0 Å². The third-order valence-corrected chi connectivity index (χ3v) is 3.67. The second-order valence-electron chi connectivity index (χ2n) is 5.06. The van der Waals surface area contributed by atoms with E-state index in [1.165, 1.54) is 19.3 Å². The summed E-state index contributed by atoms with van der Waals surface area (Å²) in [5.41, 5.74) is 0.736. The Balaban J connectivity index is 1.93. The first kappa shape index (κ1) is 13.9. The van der Waals surface area contributed by atoms with E-state index >= 15 is 0 Å². The van der Waals surface area contributed by atoms with Gasteiger partial charge in [0.25, 0.3) is 0 Å². The highest BCUT2D eigenvalue weighted by Gasteiger charge is 2.20. The Morgan fingerprint density at radius 2 is 2.21 bits per heavy atom. The van der Waals surface area contributed by atoms with E-state index in [4.69, 9.17) is 4.74 Å². The minimum Gasteiger partial charge on any atom is -0.495 e. The molecule has 1 aliphatic rings. The molecule has 0 saturated carbocycles. The van der Waals surface area contributed by atoms with Gasteiger partial charge in [-0.2, -0.15) is 0 Å². The zero-order valence-electron chi connectivity index (χ0n) is 11.7. The summed E-state index contributed by atoms with van der Waals surface area (Å²) in [5.74, 6) is 0.723. The molecule has 0 spiro atoms. The van der Waals surface area contributed by atoms with Crippen molar-refractivity contribution in [3.63, 3.8) is 0 Å². The predicted octanol–water partition coefficient (Wildman–Crippen LogP) is 2.51. The van der Waals surface area contributed by atoms with Crippen molar-refractivity contribution in [2.75, 3.05) is 25.5 Å². The fourth-order valence-electron chi connectivity index (χ4n) is 2.51. The molecule has 19 heavy (non-hydrogen) atoms. The predicted molar refractivity (Wildman–Crippen MR) is 76.5 cm³/mol. The maximum atomic E-state index is 12.1. The van der Waals surface area contributed by atoms with Crippen molar-refractivity contribution in [3.8, 4) is 5.75 Å². The van der Waals surface area contributed by atoms with E-state index in [2.05, 4.69) is 17.1 Å². The number of hydrogen-bond acceptors (Lipinski definition) is 3. The van der Waals surface area contributed by atoms with Gasteiger partial charge in [-0.05, 0) is 38.4 Å². The summed E-state index contributed by atoms with van der Waals surface area (Å²) < 4.78 is 5.23. The molecule has 1 saturated heterocycles. The molecule has 0 aromatic heterocycles. The van der Waals surface area contributed by atoms with E-state index in [0.29, 0.717) is 18.3 Å². The van der Waals surface area contributed by atoms with Gasteiger partial charge in [0.05, 0.1) is 19.3 Å². The number of likely N-dealkylation sites (tertiary alicyclic amines) is 1. The average Bonchev–Trinajstić information content (AvgIpc) is 2.42. The number of carbonyl (C=O) groups excluding carboxylic acids is 1. The smallest absolute Gasteiger partial charge is 0.238 e. The summed E-state index contributed by atoms with van der Waals surface area (Å²) in [6.07, 6.45) is 3.64. The van der Waals surface area contributed by atoms with E-state index in [-0.39, 0.29) is 5.91 Å². The molecule has 0 aliphatic carbocycles. The van der Waals surface area contributed by atoms with Gasteiger partial charge in [-0.25, -0.2) is 0 Å². The largest absolute Gasteiger partial charge is 0.495 e. The number of rotatable bonds is 4. The minimum absolute atomic E-state index is 0.0262. The summed E-state index contributed by atoms with van der Waals surface area (Å²) in [5, 5.41) is 2.92. The Morgan fingerprint density at radius 1 is 1.42 bits per heavy atom. The van der Waals surface area contributed by atoms with Crippen LogP contribution in [0.25, 0.3) is 0 Å². The van der Waals surface area contributed by atoms with Gasteiger partial charge in [-0.15, -0.1) is 0 Å². The first-order valence-corrected chi connectivity index (χ1v) is 6.87. The monoisotopic (exact) mass is 262 g/mol.